The first-order chi connectivity index (χ1) is 10.0. The van der Waals surface area contributed by atoms with E-state index in [2.05, 4.69) is 0 Å². The first-order valence-corrected chi connectivity index (χ1v) is 6.18. The van der Waals surface area contributed by atoms with E-state index in [9.17, 15) is 25.3 Å². The minimum Gasteiger partial charge on any atom is -0.507 e. The summed E-state index contributed by atoms with van der Waals surface area (Å²) in [5.41, 5.74) is -0.340. The second-order valence-corrected chi connectivity index (χ2v) is 4.43. The summed E-state index contributed by atoms with van der Waals surface area (Å²) < 4.78 is 0. The SMILES string of the molecule is O=[N+]([O-])c1ccc(O)c(CCc2ccccc2)c1[N+](=O)[O-]. The molecule has 0 bridgehead atoms. The molecule has 0 spiro atoms. The number of nitro benzene ring substituents is 2. The molecule has 0 saturated carbocycles. The molecule has 0 amide bonds. The monoisotopic (exact) mass is 288 g/mol. The van der Waals surface area contributed by atoms with E-state index in [1.807, 2.05) is 30.3 Å². The molecule has 0 unspecified atom stereocenters. The van der Waals surface area contributed by atoms with Crippen LogP contribution in [0.3, 0.4) is 0 Å². The number of aryl methyl sites for hydroxylation is 1. The zero-order chi connectivity index (χ0) is 15.4. The number of nitrogens with zero attached hydrogens (tertiary/aromatic N) is 2. The first kappa shape index (κ1) is 14.4. The summed E-state index contributed by atoms with van der Waals surface area (Å²) in [6.45, 7) is 0. The molecule has 0 atom stereocenters. The van der Waals surface area contributed by atoms with E-state index in [1.165, 1.54) is 0 Å². The zero-order valence-corrected chi connectivity index (χ0v) is 10.9. The Labute approximate surface area is 119 Å². The van der Waals surface area contributed by atoms with Crippen LogP contribution in [-0.2, 0) is 12.8 Å². The van der Waals surface area contributed by atoms with E-state index in [-0.39, 0.29) is 17.7 Å². The summed E-state index contributed by atoms with van der Waals surface area (Å²) in [6.07, 6.45) is 0.588. The zero-order valence-electron chi connectivity index (χ0n) is 10.9. The van der Waals surface area contributed by atoms with E-state index < -0.39 is 21.2 Å². The van der Waals surface area contributed by atoms with Gasteiger partial charge in [-0.3, -0.25) is 20.2 Å². The van der Waals surface area contributed by atoms with Gasteiger partial charge in [0.25, 0.3) is 0 Å². The normalized spacial score (nSPS) is 10.3. The molecular formula is C14H12N2O5. The molecule has 7 heteroatoms. The highest BCUT2D eigenvalue weighted by atomic mass is 16.6. The van der Waals surface area contributed by atoms with Gasteiger partial charge in [-0.15, -0.1) is 0 Å². The molecule has 2 aromatic rings. The van der Waals surface area contributed by atoms with Gasteiger partial charge in [0.1, 0.15) is 5.75 Å². The van der Waals surface area contributed by atoms with Crippen LogP contribution in [0.25, 0.3) is 0 Å². The summed E-state index contributed by atoms with van der Waals surface area (Å²) in [6, 6.07) is 11.3. The Kier molecular flexibility index (Phi) is 4.13. The van der Waals surface area contributed by atoms with Crippen LogP contribution in [-0.4, -0.2) is 15.0 Å². The van der Waals surface area contributed by atoms with Gasteiger partial charge in [0, 0.05) is 6.07 Å². The first-order valence-electron chi connectivity index (χ1n) is 6.18. The molecule has 108 valence electrons. The van der Waals surface area contributed by atoms with E-state index in [0.717, 1.165) is 17.7 Å². The lowest BCUT2D eigenvalue weighted by molar-refractivity contribution is -0.423. The van der Waals surface area contributed by atoms with Crippen molar-refractivity contribution in [2.45, 2.75) is 12.8 Å². The highest BCUT2D eigenvalue weighted by Gasteiger charge is 2.30. The minimum atomic E-state index is -0.821. The van der Waals surface area contributed by atoms with E-state index >= 15 is 0 Å². The molecule has 0 aliphatic carbocycles. The Morgan fingerprint density at radius 2 is 1.57 bits per heavy atom. The molecule has 0 radical (unpaired) electrons. The number of hydrogen-bond acceptors (Lipinski definition) is 5. The Hall–Kier alpha value is -2.96. The topological polar surface area (TPSA) is 107 Å². The molecule has 0 aliphatic heterocycles. The largest absolute Gasteiger partial charge is 0.507 e. The Morgan fingerprint density at radius 1 is 0.905 bits per heavy atom. The van der Waals surface area contributed by atoms with Gasteiger partial charge >= 0.3 is 11.4 Å². The van der Waals surface area contributed by atoms with Crippen molar-refractivity contribution in [3.8, 4) is 5.75 Å². The molecule has 1 N–H and O–H groups in total. The number of benzene rings is 2. The maximum atomic E-state index is 11.1. The fraction of sp³-hybridized carbons (Fsp3) is 0.143. The van der Waals surface area contributed by atoms with Crippen LogP contribution in [0.1, 0.15) is 11.1 Å². The van der Waals surface area contributed by atoms with Gasteiger partial charge in [-0.05, 0) is 24.5 Å². The number of phenols is 1. The second-order valence-electron chi connectivity index (χ2n) is 4.43. The van der Waals surface area contributed by atoms with Crippen molar-refractivity contribution in [3.63, 3.8) is 0 Å². The van der Waals surface area contributed by atoms with Crippen molar-refractivity contribution in [2.24, 2.45) is 0 Å². The number of hydrogen-bond donors (Lipinski definition) is 1. The third-order valence-corrected chi connectivity index (χ3v) is 3.12. The van der Waals surface area contributed by atoms with Crippen LogP contribution in [0.4, 0.5) is 11.4 Å². The Bertz CT molecular complexity index is 685. The van der Waals surface area contributed by atoms with Gasteiger partial charge in [0.2, 0.25) is 0 Å². The van der Waals surface area contributed by atoms with Crippen LogP contribution < -0.4 is 0 Å². The van der Waals surface area contributed by atoms with Gasteiger partial charge in [-0.25, -0.2) is 0 Å². The van der Waals surface area contributed by atoms with Crippen molar-refractivity contribution < 1.29 is 15.0 Å². The number of phenolic OH excluding ortho intramolecular Hbond substituents is 1. The summed E-state index contributed by atoms with van der Waals surface area (Å²) in [4.78, 5) is 20.3. The molecule has 0 aliphatic rings. The molecule has 0 heterocycles. The van der Waals surface area contributed by atoms with Gasteiger partial charge in [0.15, 0.2) is 0 Å². The standard InChI is InChI=1S/C14H12N2O5/c17-13-9-8-12(15(18)19)14(16(20)21)11(13)7-6-10-4-2-1-3-5-10/h1-5,8-9,17H,6-7H2. The molecule has 7 nitrogen and oxygen atoms in total. The molecule has 21 heavy (non-hydrogen) atoms. The van der Waals surface area contributed by atoms with E-state index in [1.54, 1.807) is 0 Å². The van der Waals surface area contributed by atoms with Crippen LogP contribution >= 0.6 is 0 Å². The quantitative estimate of drug-likeness (QED) is 0.672. The molecular weight excluding hydrogens is 276 g/mol. The average molecular weight is 288 g/mol. The van der Waals surface area contributed by atoms with Crippen LogP contribution in [0, 0.1) is 20.2 Å². The Morgan fingerprint density at radius 3 is 2.14 bits per heavy atom. The van der Waals surface area contributed by atoms with Gasteiger partial charge in [-0.1, -0.05) is 30.3 Å². The van der Waals surface area contributed by atoms with Gasteiger partial charge in [0.05, 0.1) is 15.4 Å². The lowest BCUT2D eigenvalue weighted by Gasteiger charge is -2.06. The number of rotatable bonds is 5. The highest BCUT2D eigenvalue weighted by Crippen LogP contribution is 2.37. The Balaban J connectivity index is 2.40. The highest BCUT2D eigenvalue weighted by molar-refractivity contribution is 5.62. The fourth-order valence-electron chi connectivity index (χ4n) is 2.12. The van der Waals surface area contributed by atoms with Crippen LogP contribution in [0.5, 0.6) is 5.75 Å². The molecule has 0 aromatic heterocycles. The van der Waals surface area contributed by atoms with Crippen LogP contribution in [0.2, 0.25) is 0 Å². The van der Waals surface area contributed by atoms with Gasteiger partial charge < -0.3 is 5.11 Å². The minimum absolute atomic E-state index is 0.0157. The maximum absolute atomic E-state index is 11.1. The third-order valence-electron chi connectivity index (χ3n) is 3.12. The predicted octanol–water partition coefficient (Wildman–Crippen LogP) is 2.99. The van der Waals surface area contributed by atoms with Crippen molar-refractivity contribution in [1.29, 1.82) is 0 Å². The maximum Gasteiger partial charge on any atom is 0.352 e. The second kappa shape index (κ2) is 6.00. The van der Waals surface area contributed by atoms with E-state index in [0.29, 0.717) is 6.42 Å². The predicted molar refractivity (Wildman–Crippen MR) is 75.3 cm³/mol. The molecule has 0 saturated heterocycles. The number of aromatic hydroxyl groups is 1. The molecule has 2 rings (SSSR count). The summed E-state index contributed by atoms with van der Waals surface area (Å²) in [7, 11) is 0. The van der Waals surface area contributed by atoms with Crippen molar-refractivity contribution in [1.82, 2.24) is 0 Å². The van der Waals surface area contributed by atoms with Gasteiger partial charge in [-0.2, -0.15) is 0 Å². The summed E-state index contributed by atoms with van der Waals surface area (Å²) in [5.74, 6) is -0.303. The fourth-order valence-corrected chi connectivity index (χ4v) is 2.12. The van der Waals surface area contributed by atoms with Crippen molar-refractivity contribution in [2.75, 3.05) is 0 Å². The molecule has 2 aromatic carbocycles. The smallest absolute Gasteiger partial charge is 0.352 e. The van der Waals surface area contributed by atoms with Crippen molar-refractivity contribution >= 4 is 11.4 Å². The number of nitro groups is 2. The molecule has 0 fully saturated rings. The van der Waals surface area contributed by atoms with Crippen LogP contribution in [0.15, 0.2) is 42.5 Å². The van der Waals surface area contributed by atoms with Crippen molar-refractivity contribution in [3.05, 3.63) is 73.8 Å². The third kappa shape index (κ3) is 3.14. The van der Waals surface area contributed by atoms with E-state index in [4.69, 9.17) is 0 Å². The lowest BCUT2D eigenvalue weighted by atomic mass is 10.0. The summed E-state index contributed by atoms with van der Waals surface area (Å²) in [5, 5.41) is 31.8. The summed E-state index contributed by atoms with van der Waals surface area (Å²) >= 11 is 0. The average Bonchev–Trinajstić information content (AvgIpc) is 2.46. The lowest BCUT2D eigenvalue weighted by Crippen LogP contribution is -2.03.